The van der Waals surface area contributed by atoms with Gasteiger partial charge in [-0.25, -0.2) is 5.11 Å². The van der Waals surface area contributed by atoms with Crippen LogP contribution in [0.5, 0.6) is 0 Å². The summed E-state index contributed by atoms with van der Waals surface area (Å²) in [4.78, 5) is 0. The molecule has 3 rings (SSSR count). The van der Waals surface area contributed by atoms with Crippen LogP contribution in [0.4, 0.5) is 0 Å². The number of benzene rings is 2. The molecular weight excluding hydrogens is 291 g/mol. The first-order valence-electron chi connectivity index (χ1n) is 5.45. The van der Waals surface area contributed by atoms with Crippen molar-refractivity contribution in [2.45, 2.75) is 9.90 Å². The molecule has 0 fully saturated rings. The lowest BCUT2D eigenvalue weighted by molar-refractivity contribution is 0.128. The van der Waals surface area contributed by atoms with Crippen LogP contribution in [0.2, 0.25) is 0 Å². The Hall–Kier alpha value is -0.730. The molecule has 1 unspecified atom stereocenters. The van der Waals surface area contributed by atoms with Crippen molar-refractivity contribution in [2.75, 3.05) is 0 Å². The molecule has 1 aliphatic carbocycles. The molecule has 2 aromatic rings. The third-order valence-corrected chi connectivity index (χ3v) is 3.82. The summed E-state index contributed by atoms with van der Waals surface area (Å²) in [6.45, 7) is 0. The standard InChI is InChI=1S/C14H8Cl3O/c15-14(16,17)11-7-3-6-9-8-4-1-2-5-10(8)13(18)12(9)11/h1-7,13H. The SMILES string of the molecule is [O]C1c2ccccc2-c2cccc(C(Cl)(Cl)Cl)c21. The lowest BCUT2D eigenvalue weighted by atomic mass is 10.0. The van der Waals surface area contributed by atoms with Crippen LogP contribution in [0.15, 0.2) is 42.5 Å². The minimum absolute atomic E-state index is 0.473. The van der Waals surface area contributed by atoms with Crippen molar-refractivity contribution in [3.05, 3.63) is 59.2 Å². The van der Waals surface area contributed by atoms with E-state index >= 15 is 0 Å². The fourth-order valence-electron chi connectivity index (χ4n) is 2.46. The first kappa shape index (κ1) is 12.3. The summed E-state index contributed by atoms with van der Waals surface area (Å²) in [5, 5.41) is 12.5. The van der Waals surface area contributed by atoms with E-state index in [9.17, 15) is 5.11 Å². The van der Waals surface area contributed by atoms with Crippen molar-refractivity contribution < 1.29 is 5.11 Å². The van der Waals surface area contributed by atoms with Gasteiger partial charge in [0.25, 0.3) is 0 Å². The highest BCUT2D eigenvalue weighted by Gasteiger charge is 2.36. The Morgan fingerprint density at radius 3 is 2.28 bits per heavy atom. The minimum Gasteiger partial charge on any atom is -0.223 e. The number of hydrogen-bond donors (Lipinski definition) is 0. The molecule has 0 saturated carbocycles. The Bertz CT molecular complexity index is 617. The van der Waals surface area contributed by atoms with E-state index in [1.54, 1.807) is 6.07 Å². The predicted octanol–water partition coefficient (Wildman–Crippen LogP) is 5.01. The van der Waals surface area contributed by atoms with E-state index in [0.29, 0.717) is 11.1 Å². The van der Waals surface area contributed by atoms with E-state index in [0.717, 1.165) is 16.7 Å². The Kier molecular flexibility index (Phi) is 2.83. The molecule has 1 atom stereocenters. The fraction of sp³-hybridized carbons (Fsp3) is 0.143. The van der Waals surface area contributed by atoms with E-state index in [4.69, 9.17) is 34.8 Å². The van der Waals surface area contributed by atoms with Crippen molar-refractivity contribution in [1.82, 2.24) is 0 Å². The second-order valence-corrected chi connectivity index (χ2v) is 6.51. The Balaban J connectivity index is 2.31. The summed E-state index contributed by atoms with van der Waals surface area (Å²) in [6.07, 6.45) is -0.983. The lowest BCUT2D eigenvalue weighted by Crippen LogP contribution is -2.07. The largest absolute Gasteiger partial charge is 0.223 e. The minimum atomic E-state index is -1.57. The van der Waals surface area contributed by atoms with Crippen LogP contribution in [0, 0.1) is 0 Å². The van der Waals surface area contributed by atoms with Crippen LogP contribution in [0.1, 0.15) is 22.8 Å². The van der Waals surface area contributed by atoms with Crippen LogP contribution in [0.25, 0.3) is 11.1 Å². The molecule has 0 spiro atoms. The maximum Gasteiger partial charge on any atom is 0.216 e. The van der Waals surface area contributed by atoms with Gasteiger partial charge in [0.1, 0.15) is 6.10 Å². The summed E-state index contributed by atoms with van der Waals surface area (Å²) < 4.78 is -1.57. The van der Waals surface area contributed by atoms with E-state index in [1.807, 2.05) is 36.4 Å². The molecule has 1 nitrogen and oxygen atoms in total. The van der Waals surface area contributed by atoms with Crippen LogP contribution in [-0.2, 0) is 8.90 Å². The number of alkyl halides is 3. The zero-order chi connectivity index (χ0) is 12.9. The van der Waals surface area contributed by atoms with Crippen molar-refractivity contribution in [3.8, 4) is 11.1 Å². The van der Waals surface area contributed by atoms with Gasteiger partial charge in [-0.2, -0.15) is 0 Å². The van der Waals surface area contributed by atoms with Gasteiger partial charge >= 0.3 is 0 Å². The number of hydrogen-bond acceptors (Lipinski definition) is 0. The molecule has 18 heavy (non-hydrogen) atoms. The van der Waals surface area contributed by atoms with E-state index in [1.165, 1.54) is 0 Å². The highest BCUT2D eigenvalue weighted by Crippen LogP contribution is 2.50. The first-order valence-corrected chi connectivity index (χ1v) is 6.59. The highest BCUT2D eigenvalue weighted by molar-refractivity contribution is 6.66. The van der Waals surface area contributed by atoms with Gasteiger partial charge in [-0.15, -0.1) is 0 Å². The molecule has 2 aromatic carbocycles. The Morgan fingerprint density at radius 2 is 1.56 bits per heavy atom. The normalized spacial score (nSPS) is 17.4. The summed E-state index contributed by atoms with van der Waals surface area (Å²) in [7, 11) is 0. The predicted molar refractivity (Wildman–Crippen MR) is 73.6 cm³/mol. The fourth-order valence-corrected chi connectivity index (χ4v) is 2.95. The van der Waals surface area contributed by atoms with Gasteiger partial charge < -0.3 is 0 Å². The van der Waals surface area contributed by atoms with Crippen molar-refractivity contribution in [2.24, 2.45) is 0 Å². The monoisotopic (exact) mass is 297 g/mol. The van der Waals surface area contributed by atoms with Crippen LogP contribution in [-0.4, -0.2) is 0 Å². The third-order valence-electron chi connectivity index (χ3n) is 3.21. The van der Waals surface area contributed by atoms with Gasteiger partial charge in [-0.05, 0) is 16.7 Å². The molecule has 0 amide bonds. The van der Waals surface area contributed by atoms with Gasteiger partial charge in [-0.1, -0.05) is 77.3 Å². The van der Waals surface area contributed by atoms with Crippen molar-refractivity contribution >= 4 is 34.8 Å². The van der Waals surface area contributed by atoms with Gasteiger partial charge in [0.2, 0.25) is 3.79 Å². The summed E-state index contributed by atoms with van der Waals surface area (Å²) in [6, 6.07) is 12.9. The van der Waals surface area contributed by atoms with Crippen LogP contribution >= 0.6 is 34.8 Å². The molecule has 0 heterocycles. The van der Waals surface area contributed by atoms with E-state index in [2.05, 4.69) is 0 Å². The molecule has 0 aromatic heterocycles. The molecule has 0 aliphatic heterocycles. The van der Waals surface area contributed by atoms with Crippen molar-refractivity contribution in [1.29, 1.82) is 0 Å². The van der Waals surface area contributed by atoms with Crippen molar-refractivity contribution in [3.63, 3.8) is 0 Å². The molecule has 0 N–H and O–H groups in total. The van der Waals surface area contributed by atoms with Gasteiger partial charge in [0.05, 0.1) is 0 Å². The maximum absolute atomic E-state index is 12.5. The summed E-state index contributed by atoms with van der Waals surface area (Å²) >= 11 is 17.8. The Morgan fingerprint density at radius 1 is 0.889 bits per heavy atom. The van der Waals surface area contributed by atoms with Crippen LogP contribution in [0.3, 0.4) is 0 Å². The Labute approximate surface area is 120 Å². The zero-order valence-electron chi connectivity index (χ0n) is 9.16. The van der Waals surface area contributed by atoms with Gasteiger partial charge in [-0.3, -0.25) is 0 Å². The smallest absolute Gasteiger partial charge is 0.216 e. The molecule has 0 bridgehead atoms. The molecular formula is C14H8Cl3O. The second kappa shape index (κ2) is 4.14. The van der Waals surface area contributed by atoms with Gasteiger partial charge in [0.15, 0.2) is 0 Å². The highest BCUT2D eigenvalue weighted by atomic mass is 35.6. The number of rotatable bonds is 0. The molecule has 0 saturated heterocycles. The molecule has 1 radical (unpaired) electrons. The van der Waals surface area contributed by atoms with E-state index in [-0.39, 0.29) is 0 Å². The van der Waals surface area contributed by atoms with Crippen LogP contribution < -0.4 is 0 Å². The third kappa shape index (κ3) is 1.74. The molecule has 4 heteroatoms. The maximum atomic E-state index is 12.5. The molecule has 91 valence electrons. The first-order chi connectivity index (χ1) is 8.50. The second-order valence-electron chi connectivity index (χ2n) is 4.23. The van der Waals surface area contributed by atoms with E-state index < -0.39 is 9.90 Å². The average molecular weight is 299 g/mol. The summed E-state index contributed by atoms with van der Waals surface area (Å²) in [5.41, 5.74) is 3.60. The molecule has 1 aliphatic rings. The average Bonchev–Trinajstić information content (AvgIpc) is 2.63. The zero-order valence-corrected chi connectivity index (χ0v) is 11.4. The summed E-state index contributed by atoms with van der Waals surface area (Å²) in [5.74, 6) is 0. The topological polar surface area (TPSA) is 19.9 Å². The lowest BCUT2D eigenvalue weighted by Gasteiger charge is -2.17. The number of fused-ring (bicyclic) bond motifs is 3. The quantitative estimate of drug-likeness (QED) is 0.609. The van der Waals surface area contributed by atoms with Gasteiger partial charge in [0, 0.05) is 11.1 Å². The number of halogens is 3.